The quantitative estimate of drug-likeness (QED) is 0.0453. The number of hydrogen-bond donors (Lipinski definition) is 6. The van der Waals surface area contributed by atoms with E-state index in [2.05, 4.69) is 60.6 Å². The fourth-order valence-corrected chi connectivity index (χ4v) is 11.5. The number of allylic oxidation sites excluding steroid dienone is 7. The van der Waals surface area contributed by atoms with Crippen molar-refractivity contribution in [2.24, 2.45) is 29.1 Å². The van der Waals surface area contributed by atoms with E-state index in [-0.39, 0.29) is 36.5 Å². The van der Waals surface area contributed by atoms with Crippen molar-refractivity contribution >= 4 is 6.29 Å². The highest BCUT2D eigenvalue weighted by molar-refractivity contribution is 5.74. The molecule has 4 aliphatic rings. The third-order valence-corrected chi connectivity index (χ3v) is 14.8. The zero-order valence-electron chi connectivity index (χ0n) is 35.5. The first-order valence-electron chi connectivity index (χ1n) is 22.0. The lowest BCUT2D eigenvalue weighted by molar-refractivity contribution is -0.180. The van der Waals surface area contributed by atoms with Crippen molar-refractivity contribution in [3.05, 3.63) is 94.1 Å². The number of fused-ring (bicyclic) bond motifs is 2. The van der Waals surface area contributed by atoms with Gasteiger partial charge in [0.15, 0.2) is 0 Å². The Labute approximate surface area is 343 Å². The molecule has 3 aliphatic carbocycles. The number of methoxy groups -OCH3 is 1. The molecule has 0 unspecified atom stereocenters. The average molecular weight is 787 g/mol. The largest absolute Gasteiger partial charge is 0.396 e. The van der Waals surface area contributed by atoms with Crippen molar-refractivity contribution in [2.75, 3.05) is 47.1 Å². The lowest BCUT2D eigenvalue weighted by Crippen LogP contribution is -2.61. The third kappa shape index (κ3) is 10.2. The zero-order chi connectivity index (χ0) is 41.1. The smallest absolute Gasteiger partial charge is 0.145 e. The highest BCUT2D eigenvalue weighted by Gasteiger charge is 2.65. The summed E-state index contributed by atoms with van der Waals surface area (Å²) in [7, 11) is 3.68. The molecule has 7 atom stereocenters. The number of aliphatic hydroxyl groups excluding tert-OH is 3. The Morgan fingerprint density at radius 1 is 1.12 bits per heavy atom. The lowest BCUT2D eigenvalue weighted by atomic mass is 9.51. The van der Waals surface area contributed by atoms with Crippen LogP contribution in [0.2, 0.25) is 0 Å². The molecule has 3 fully saturated rings. The van der Waals surface area contributed by atoms with Crippen LogP contribution in [0.1, 0.15) is 108 Å². The molecule has 6 N–H and O–H groups in total. The molecule has 57 heavy (non-hydrogen) atoms. The molecule has 1 aromatic carbocycles. The van der Waals surface area contributed by atoms with Crippen molar-refractivity contribution in [1.29, 1.82) is 0 Å². The molecule has 8 nitrogen and oxygen atoms in total. The van der Waals surface area contributed by atoms with Crippen LogP contribution in [0.25, 0.3) is 0 Å². The van der Waals surface area contributed by atoms with E-state index < -0.39 is 17.1 Å². The van der Waals surface area contributed by atoms with E-state index in [1.165, 1.54) is 42.4 Å². The standard InChI is InChI=1S/C49H74N2O6/c1-35-18-19-40(30-38-12-9-13-39(29-38)31-47(51-32-35,25-28-57-5)42-15-6-7-16-42)36(2)11-8-14-41(34-54)44-21-23-49(46(44)55)45(17-10-27-52)43(37(3)33-53)20-22-48(49,56)24-26-50-4/h8-9,11-14,18,29,33,40,42,44-46,50-52,54-56H,2,6-7,10,15-17,19-28,30-32,34H2,1,3-5H3/b11-8+,35-18+,41-14-,43-37-/t40-,44-,45-,46+,47+,48-,49+/m0/s1. The highest BCUT2D eigenvalue weighted by Crippen LogP contribution is 2.64. The lowest BCUT2D eigenvalue weighted by Gasteiger charge is -2.57. The van der Waals surface area contributed by atoms with Gasteiger partial charge in [0.2, 0.25) is 0 Å². The number of carbonyl (C=O) groups excluding carboxylic acids is 1. The van der Waals surface area contributed by atoms with Crippen molar-refractivity contribution in [2.45, 2.75) is 127 Å². The molecule has 5 rings (SSSR count). The third-order valence-electron chi connectivity index (χ3n) is 14.8. The van der Waals surface area contributed by atoms with Gasteiger partial charge in [-0.05, 0) is 151 Å². The molecule has 8 heteroatoms. The topological polar surface area (TPSA) is 131 Å². The van der Waals surface area contributed by atoms with Gasteiger partial charge in [0.1, 0.15) is 6.29 Å². The first-order valence-corrected chi connectivity index (χ1v) is 22.0. The molecule has 0 radical (unpaired) electrons. The van der Waals surface area contributed by atoms with Gasteiger partial charge in [-0.1, -0.05) is 84.7 Å². The monoisotopic (exact) mass is 787 g/mol. The van der Waals surface area contributed by atoms with Gasteiger partial charge in [-0.25, -0.2) is 0 Å². The predicted octanol–water partition coefficient (Wildman–Crippen LogP) is 7.12. The molecule has 1 aromatic rings. The summed E-state index contributed by atoms with van der Waals surface area (Å²) in [5, 5.41) is 52.9. The minimum Gasteiger partial charge on any atom is -0.396 e. The van der Waals surface area contributed by atoms with Gasteiger partial charge >= 0.3 is 0 Å². The number of aliphatic hydroxyl groups is 4. The van der Waals surface area contributed by atoms with Crippen LogP contribution in [-0.4, -0.2) is 91.0 Å². The average Bonchev–Trinajstić information content (AvgIpc) is 3.88. The molecule has 2 bridgehead atoms. The molecule has 0 aromatic heterocycles. The SMILES string of the molecule is C=C(/C=C/C=C(/CO)[C@@H]1CC[C@]2([C@@H]1O)[C@@H](CCCO)/C(=C(/C)C=O)CC[C@]2(O)CCNC)[C@H]1C/C=C(\C)CN[C@@](CCOC)(C2CCCC2)Cc2cccc(c2)C1. The maximum Gasteiger partial charge on any atom is 0.145 e. The first kappa shape index (κ1) is 45.4. The first-order chi connectivity index (χ1) is 27.5. The van der Waals surface area contributed by atoms with E-state index in [1.54, 1.807) is 0 Å². The van der Waals surface area contributed by atoms with E-state index in [1.807, 2.05) is 33.2 Å². The van der Waals surface area contributed by atoms with Crippen LogP contribution in [-0.2, 0) is 22.4 Å². The van der Waals surface area contributed by atoms with Crippen LogP contribution < -0.4 is 10.6 Å². The Hall–Kier alpha value is -2.69. The molecule has 3 saturated carbocycles. The molecular weight excluding hydrogens is 713 g/mol. The predicted molar refractivity (Wildman–Crippen MR) is 231 cm³/mol. The number of carbonyl (C=O) groups is 1. The molecule has 1 heterocycles. The summed E-state index contributed by atoms with van der Waals surface area (Å²) in [6.07, 6.45) is 20.9. The van der Waals surface area contributed by atoms with E-state index in [0.717, 1.165) is 61.8 Å². The van der Waals surface area contributed by atoms with E-state index >= 15 is 0 Å². The number of rotatable bonds is 16. The van der Waals surface area contributed by atoms with Crippen molar-refractivity contribution in [1.82, 2.24) is 10.6 Å². The van der Waals surface area contributed by atoms with E-state index in [9.17, 15) is 25.2 Å². The molecular formula is C49H74N2O6. The van der Waals surface area contributed by atoms with Crippen molar-refractivity contribution in [3.8, 4) is 0 Å². The fraction of sp³-hybridized carbons (Fsp3) is 0.653. The maximum absolute atomic E-state index is 12.5. The Morgan fingerprint density at radius 2 is 1.89 bits per heavy atom. The number of benzene rings is 1. The van der Waals surface area contributed by atoms with E-state index in [4.69, 9.17) is 4.74 Å². The second-order valence-corrected chi connectivity index (χ2v) is 18.0. The Kier molecular flexibility index (Phi) is 16.7. The Bertz CT molecular complexity index is 1620. The normalized spacial score (nSPS) is 33.5. The number of nitrogens with one attached hydrogen (secondary N) is 2. The Morgan fingerprint density at radius 3 is 2.60 bits per heavy atom. The van der Waals surface area contributed by atoms with Crippen LogP contribution in [0.4, 0.5) is 0 Å². The van der Waals surface area contributed by atoms with Crippen LogP contribution in [0.5, 0.6) is 0 Å². The van der Waals surface area contributed by atoms with Crippen LogP contribution in [0.3, 0.4) is 0 Å². The second-order valence-electron chi connectivity index (χ2n) is 18.0. The van der Waals surface area contributed by atoms with E-state index in [0.29, 0.717) is 63.0 Å². The van der Waals surface area contributed by atoms with Gasteiger partial charge in [0.05, 0.1) is 18.3 Å². The van der Waals surface area contributed by atoms with Crippen molar-refractivity contribution in [3.63, 3.8) is 0 Å². The Balaban J connectivity index is 1.39. The number of ether oxygens (including phenoxy) is 1. The van der Waals surface area contributed by atoms with Gasteiger partial charge in [-0.2, -0.15) is 0 Å². The number of aldehydes is 1. The summed E-state index contributed by atoms with van der Waals surface area (Å²) in [5.41, 5.74) is 5.33. The van der Waals surface area contributed by atoms with Crippen LogP contribution >= 0.6 is 0 Å². The van der Waals surface area contributed by atoms with Crippen LogP contribution in [0, 0.1) is 29.1 Å². The summed E-state index contributed by atoms with van der Waals surface area (Å²) in [5.74, 6) is 0.215. The van der Waals surface area contributed by atoms with Crippen LogP contribution in [0.15, 0.2) is 83.0 Å². The van der Waals surface area contributed by atoms with Gasteiger partial charge in [0, 0.05) is 43.7 Å². The minimum atomic E-state index is -1.17. The molecule has 316 valence electrons. The molecule has 0 saturated heterocycles. The summed E-state index contributed by atoms with van der Waals surface area (Å²) in [4.78, 5) is 12.1. The summed E-state index contributed by atoms with van der Waals surface area (Å²) in [6.45, 7) is 10.6. The summed E-state index contributed by atoms with van der Waals surface area (Å²) < 4.78 is 5.66. The fourth-order valence-electron chi connectivity index (χ4n) is 11.5. The van der Waals surface area contributed by atoms with Gasteiger partial charge in [-0.3, -0.25) is 4.79 Å². The second kappa shape index (κ2) is 21.0. The maximum atomic E-state index is 12.5. The molecule has 1 spiro atoms. The molecule has 1 aliphatic heterocycles. The highest BCUT2D eigenvalue weighted by atomic mass is 16.5. The number of hydrogen-bond acceptors (Lipinski definition) is 8. The minimum absolute atomic E-state index is 0.000380. The van der Waals surface area contributed by atoms with Gasteiger partial charge in [-0.15, -0.1) is 0 Å². The van der Waals surface area contributed by atoms with Gasteiger partial charge < -0.3 is 35.8 Å². The molecule has 0 amide bonds. The van der Waals surface area contributed by atoms with Crippen molar-refractivity contribution < 1.29 is 30.0 Å². The summed E-state index contributed by atoms with van der Waals surface area (Å²) >= 11 is 0. The summed E-state index contributed by atoms with van der Waals surface area (Å²) in [6, 6.07) is 9.13. The van der Waals surface area contributed by atoms with Gasteiger partial charge in [0.25, 0.3) is 0 Å². The zero-order valence-corrected chi connectivity index (χ0v) is 35.5.